The highest BCUT2D eigenvalue weighted by Gasteiger charge is 2.60. The molecule has 1 amide bonds. The monoisotopic (exact) mass is 352 g/mol. The summed E-state index contributed by atoms with van der Waals surface area (Å²) in [5.74, 6) is -1.47. The molecule has 25 heavy (non-hydrogen) atoms. The fraction of sp³-hybridized carbons (Fsp3) is 0.444. The molecule has 7 heteroatoms. The van der Waals surface area contributed by atoms with Crippen LogP contribution in [0.4, 0.5) is 13.2 Å². The molecule has 3 rings (SSSR count). The molecule has 1 saturated heterocycles. The number of alkyl halides is 3. The van der Waals surface area contributed by atoms with Crippen molar-refractivity contribution in [1.29, 1.82) is 0 Å². The van der Waals surface area contributed by atoms with E-state index in [0.29, 0.717) is 13.1 Å². The smallest absolute Gasteiger partial charge is 0.374 e. The van der Waals surface area contributed by atoms with Gasteiger partial charge in [-0.05, 0) is 25.3 Å². The van der Waals surface area contributed by atoms with E-state index in [0.717, 1.165) is 12.8 Å². The Balaban J connectivity index is 2.17. The number of benzene rings is 1. The van der Waals surface area contributed by atoms with Crippen LogP contribution in [0.25, 0.3) is 0 Å². The van der Waals surface area contributed by atoms with Crippen molar-refractivity contribution < 1.29 is 22.8 Å². The number of carbonyl (C=O) groups is 2. The second-order valence-electron chi connectivity index (χ2n) is 6.47. The summed E-state index contributed by atoms with van der Waals surface area (Å²) in [7, 11) is 0. The second kappa shape index (κ2) is 6.20. The van der Waals surface area contributed by atoms with Crippen molar-refractivity contribution in [3.8, 4) is 0 Å². The van der Waals surface area contributed by atoms with E-state index >= 15 is 0 Å². The molecule has 1 aromatic carbocycles. The van der Waals surface area contributed by atoms with E-state index in [1.807, 2.05) is 0 Å². The fourth-order valence-corrected chi connectivity index (χ4v) is 3.62. The van der Waals surface area contributed by atoms with E-state index in [9.17, 15) is 22.8 Å². The van der Waals surface area contributed by atoms with Gasteiger partial charge in [-0.2, -0.15) is 13.2 Å². The van der Waals surface area contributed by atoms with Crippen LogP contribution in [0.1, 0.15) is 31.7 Å². The molecule has 0 radical (unpaired) electrons. The van der Waals surface area contributed by atoms with Crippen LogP contribution in [0.3, 0.4) is 0 Å². The van der Waals surface area contributed by atoms with Gasteiger partial charge in [0.2, 0.25) is 0 Å². The molecule has 4 nitrogen and oxygen atoms in total. The molecular formula is C18H19F3N2O2. The van der Waals surface area contributed by atoms with Crippen molar-refractivity contribution in [2.45, 2.75) is 37.9 Å². The van der Waals surface area contributed by atoms with Crippen LogP contribution < -0.4 is 5.32 Å². The van der Waals surface area contributed by atoms with Crippen LogP contribution >= 0.6 is 0 Å². The first kappa shape index (κ1) is 17.5. The Morgan fingerprint density at radius 3 is 2.28 bits per heavy atom. The van der Waals surface area contributed by atoms with Crippen LogP contribution in [0, 0.1) is 0 Å². The van der Waals surface area contributed by atoms with E-state index < -0.39 is 29.8 Å². The highest BCUT2D eigenvalue weighted by Crippen LogP contribution is 2.47. The van der Waals surface area contributed by atoms with Crippen molar-refractivity contribution in [2.24, 2.45) is 0 Å². The van der Waals surface area contributed by atoms with Crippen LogP contribution in [-0.2, 0) is 15.1 Å². The predicted octanol–water partition coefficient (Wildman–Crippen LogP) is 2.90. The number of hydrogen-bond donors (Lipinski definition) is 1. The first-order valence-electron chi connectivity index (χ1n) is 8.20. The first-order chi connectivity index (χ1) is 11.8. The summed E-state index contributed by atoms with van der Waals surface area (Å²) >= 11 is 0. The highest BCUT2D eigenvalue weighted by molar-refractivity contribution is 6.19. The van der Waals surface area contributed by atoms with Crippen LogP contribution in [-0.4, -0.2) is 35.9 Å². The predicted molar refractivity (Wildman–Crippen MR) is 85.4 cm³/mol. The maximum Gasteiger partial charge on any atom is 0.416 e. The first-order valence-corrected chi connectivity index (χ1v) is 8.20. The third-order valence-corrected chi connectivity index (χ3v) is 4.87. The lowest BCUT2D eigenvalue weighted by Crippen LogP contribution is -2.60. The molecule has 1 fully saturated rings. The number of rotatable bonds is 3. The Labute approximate surface area is 143 Å². The Kier molecular flexibility index (Phi) is 4.34. The highest BCUT2D eigenvalue weighted by atomic mass is 19.4. The summed E-state index contributed by atoms with van der Waals surface area (Å²) in [4.78, 5) is 26.2. The van der Waals surface area contributed by atoms with Gasteiger partial charge in [-0.1, -0.05) is 30.3 Å². The number of halogens is 3. The van der Waals surface area contributed by atoms with Gasteiger partial charge < -0.3 is 10.2 Å². The molecule has 0 saturated carbocycles. The third kappa shape index (κ3) is 2.92. The quantitative estimate of drug-likeness (QED) is 0.851. The SMILES string of the molecule is CC(=O)C1=C(N2CCCC2)CC(c2ccccc2)(C(F)(F)F)NC1=O. The zero-order chi connectivity index (χ0) is 18.2. The van der Waals surface area contributed by atoms with Crippen molar-refractivity contribution >= 4 is 11.7 Å². The zero-order valence-electron chi connectivity index (χ0n) is 13.8. The van der Waals surface area contributed by atoms with E-state index in [1.165, 1.54) is 31.2 Å². The summed E-state index contributed by atoms with van der Waals surface area (Å²) in [6.07, 6.45) is -3.50. The minimum absolute atomic E-state index is 0.0323. The van der Waals surface area contributed by atoms with E-state index in [2.05, 4.69) is 5.32 Å². The summed E-state index contributed by atoms with van der Waals surface area (Å²) in [6, 6.07) is 7.35. The molecule has 1 N–H and O–H groups in total. The molecule has 2 heterocycles. The van der Waals surface area contributed by atoms with Gasteiger partial charge in [0.05, 0.1) is 0 Å². The average molecular weight is 352 g/mol. The lowest BCUT2D eigenvalue weighted by molar-refractivity contribution is -0.204. The van der Waals surface area contributed by atoms with E-state index in [4.69, 9.17) is 0 Å². The van der Waals surface area contributed by atoms with Crippen LogP contribution in [0.2, 0.25) is 0 Å². The van der Waals surface area contributed by atoms with Gasteiger partial charge >= 0.3 is 6.18 Å². The molecule has 134 valence electrons. The maximum atomic E-state index is 14.1. The lowest BCUT2D eigenvalue weighted by atomic mass is 9.79. The summed E-state index contributed by atoms with van der Waals surface area (Å²) in [5, 5.41) is 2.10. The molecule has 1 unspecified atom stereocenters. The average Bonchev–Trinajstić information content (AvgIpc) is 3.07. The number of hydrogen-bond acceptors (Lipinski definition) is 3. The number of nitrogens with zero attached hydrogens (tertiary/aromatic N) is 1. The van der Waals surface area contributed by atoms with Gasteiger partial charge in [0.15, 0.2) is 11.3 Å². The molecule has 2 aliphatic rings. The minimum atomic E-state index is -4.70. The number of ketones is 1. The Hall–Kier alpha value is -2.31. The summed E-state index contributed by atoms with van der Waals surface area (Å²) in [6.45, 7) is 2.33. The van der Waals surface area contributed by atoms with E-state index in [-0.39, 0.29) is 16.8 Å². The molecular weight excluding hydrogens is 333 g/mol. The number of amides is 1. The van der Waals surface area contributed by atoms with Gasteiger partial charge in [0, 0.05) is 25.2 Å². The Morgan fingerprint density at radius 2 is 1.76 bits per heavy atom. The maximum absolute atomic E-state index is 14.1. The van der Waals surface area contributed by atoms with Crippen LogP contribution in [0.15, 0.2) is 41.6 Å². The van der Waals surface area contributed by atoms with E-state index in [1.54, 1.807) is 11.0 Å². The third-order valence-electron chi connectivity index (χ3n) is 4.87. The molecule has 0 bridgehead atoms. The zero-order valence-corrected chi connectivity index (χ0v) is 13.8. The standard InChI is InChI=1S/C18H19F3N2O2/c1-12(24)15-14(23-9-5-6-10-23)11-17(18(19,20)21,22-16(15)25)13-7-3-2-4-8-13/h2-4,7-8H,5-6,9-11H2,1H3,(H,22,25). The second-order valence-corrected chi connectivity index (χ2v) is 6.47. The van der Waals surface area contributed by atoms with Crippen molar-refractivity contribution in [1.82, 2.24) is 10.2 Å². The number of Topliss-reactive ketones (excluding diaryl/α,β-unsaturated/α-hetero) is 1. The summed E-state index contributed by atoms with van der Waals surface area (Å²) in [5.41, 5.74) is -2.51. The molecule has 2 aliphatic heterocycles. The van der Waals surface area contributed by atoms with Gasteiger partial charge in [-0.3, -0.25) is 9.59 Å². The van der Waals surface area contributed by atoms with Crippen molar-refractivity contribution in [3.63, 3.8) is 0 Å². The minimum Gasteiger partial charge on any atom is -0.374 e. The fourth-order valence-electron chi connectivity index (χ4n) is 3.62. The molecule has 0 spiro atoms. The summed E-state index contributed by atoms with van der Waals surface area (Å²) < 4.78 is 42.3. The topological polar surface area (TPSA) is 49.4 Å². The number of likely N-dealkylation sites (tertiary alicyclic amines) is 1. The Morgan fingerprint density at radius 1 is 1.16 bits per heavy atom. The van der Waals surface area contributed by atoms with Crippen molar-refractivity contribution in [2.75, 3.05) is 13.1 Å². The molecule has 1 aromatic rings. The van der Waals surface area contributed by atoms with Gasteiger partial charge in [-0.15, -0.1) is 0 Å². The lowest BCUT2D eigenvalue weighted by Gasteiger charge is -2.43. The largest absolute Gasteiger partial charge is 0.416 e. The molecule has 1 atom stereocenters. The molecule has 0 aromatic heterocycles. The van der Waals surface area contributed by atoms with Gasteiger partial charge in [0.1, 0.15) is 5.57 Å². The normalized spacial score (nSPS) is 24.5. The number of nitrogens with one attached hydrogen (secondary N) is 1. The van der Waals surface area contributed by atoms with Gasteiger partial charge in [-0.25, -0.2) is 0 Å². The van der Waals surface area contributed by atoms with Crippen LogP contribution in [0.5, 0.6) is 0 Å². The van der Waals surface area contributed by atoms with Crippen molar-refractivity contribution in [3.05, 3.63) is 47.2 Å². The number of carbonyl (C=O) groups excluding carboxylic acids is 2. The Bertz CT molecular complexity index is 722. The van der Waals surface area contributed by atoms with Gasteiger partial charge in [0.25, 0.3) is 5.91 Å². The molecule has 0 aliphatic carbocycles.